The fourth-order valence-corrected chi connectivity index (χ4v) is 4.28. The van der Waals surface area contributed by atoms with Crippen molar-refractivity contribution in [2.45, 2.75) is 37.3 Å². The van der Waals surface area contributed by atoms with E-state index < -0.39 is 47.4 Å². The number of hydrogen-bond acceptors (Lipinski definition) is 9. The number of carbonyl (C=O) groups excluding carboxylic acids is 1. The molecule has 0 saturated carbocycles. The van der Waals surface area contributed by atoms with E-state index in [0.717, 1.165) is 18.2 Å². The molecule has 10 nitrogen and oxygen atoms in total. The Balaban J connectivity index is 1.71. The molecule has 1 aliphatic heterocycles. The van der Waals surface area contributed by atoms with Crippen molar-refractivity contribution in [3.05, 3.63) is 71.2 Å². The molecule has 42 heavy (non-hydrogen) atoms. The van der Waals surface area contributed by atoms with Crippen molar-refractivity contribution in [1.29, 1.82) is 0 Å². The van der Waals surface area contributed by atoms with Gasteiger partial charge in [0.1, 0.15) is 30.3 Å². The molecule has 1 unspecified atom stereocenters. The van der Waals surface area contributed by atoms with E-state index in [9.17, 15) is 37.8 Å². The molecule has 3 atom stereocenters. The molecule has 14 heteroatoms. The number of benzene rings is 2. The lowest BCUT2D eigenvalue weighted by molar-refractivity contribution is -0.265. The normalized spacial score (nSPS) is 18.4. The minimum Gasteiger partial charge on any atom is -0.493 e. The first-order chi connectivity index (χ1) is 19.7. The summed E-state index contributed by atoms with van der Waals surface area (Å²) in [4.78, 5) is 17.0. The molecule has 0 radical (unpaired) electrons. The molecule has 1 aliphatic rings. The van der Waals surface area contributed by atoms with Gasteiger partial charge in [0.25, 0.3) is 5.91 Å². The average Bonchev–Trinajstić information content (AvgIpc) is 3.30. The molecule has 2 heterocycles. The fourth-order valence-electron chi connectivity index (χ4n) is 4.28. The number of fused-ring (bicyclic) bond motifs is 1. The second-order valence-corrected chi connectivity index (χ2v) is 10.0. The van der Waals surface area contributed by atoms with Crippen molar-refractivity contribution in [1.82, 2.24) is 15.8 Å². The van der Waals surface area contributed by atoms with Gasteiger partial charge in [0.15, 0.2) is 17.2 Å². The number of hydroxylamine groups is 1. The minimum atomic E-state index is -5.33. The largest absolute Gasteiger partial charge is 0.493 e. The number of carbonyl (C=O) groups is 1. The van der Waals surface area contributed by atoms with Gasteiger partial charge in [-0.05, 0) is 62.4 Å². The second kappa shape index (κ2) is 11.7. The van der Waals surface area contributed by atoms with Gasteiger partial charge in [-0.15, -0.1) is 0 Å². The van der Waals surface area contributed by atoms with Gasteiger partial charge in [0.2, 0.25) is 5.60 Å². The molecule has 0 aliphatic carbocycles. The van der Waals surface area contributed by atoms with E-state index in [4.69, 9.17) is 14.2 Å². The monoisotopic (exact) mass is 595 g/mol. The SMILES string of the molecule is COc1cc(C(=O)NCC(O)(c2cc3c(c(-c4ccc(F)cc4)n2)OC[C@@]3(C)NO)C(F)(F)F)ccc1OC[C@@H](C)O. The number of amides is 1. The number of halogens is 4. The van der Waals surface area contributed by atoms with Crippen molar-refractivity contribution >= 4 is 5.91 Å². The molecule has 1 aromatic heterocycles. The Bertz CT molecular complexity index is 1450. The van der Waals surface area contributed by atoms with Crippen molar-refractivity contribution in [2.24, 2.45) is 0 Å². The molecule has 226 valence electrons. The highest BCUT2D eigenvalue weighted by Crippen LogP contribution is 2.46. The fraction of sp³-hybridized carbons (Fsp3) is 0.357. The van der Waals surface area contributed by atoms with E-state index in [1.54, 1.807) is 0 Å². The molecule has 5 N–H and O–H groups in total. The number of aliphatic hydroxyl groups excluding tert-OH is 1. The molecule has 0 saturated heterocycles. The number of methoxy groups -OCH3 is 1. The zero-order valence-electron chi connectivity index (χ0n) is 22.8. The van der Waals surface area contributed by atoms with Crippen LogP contribution in [0.4, 0.5) is 17.6 Å². The summed E-state index contributed by atoms with van der Waals surface area (Å²) in [5, 5.41) is 32.4. The maximum atomic E-state index is 14.5. The van der Waals surface area contributed by atoms with E-state index in [0.29, 0.717) is 0 Å². The minimum absolute atomic E-state index is 0.0352. The van der Waals surface area contributed by atoms with Crippen LogP contribution in [0.3, 0.4) is 0 Å². The van der Waals surface area contributed by atoms with Gasteiger partial charge in [-0.1, -0.05) is 0 Å². The van der Waals surface area contributed by atoms with E-state index >= 15 is 0 Å². The summed E-state index contributed by atoms with van der Waals surface area (Å²) in [6, 6.07) is 9.53. The summed E-state index contributed by atoms with van der Waals surface area (Å²) in [7, 11) is 1.30. The van der Waals surface area contributed by atoms with Gasteiger partial charge < -0.3 is 34.9 Å². The predicted molar refractivity (Wildman–Crippen MR) is 140 cm³/mol. The van der Waals surface area contributed by atoms with Crippen LogP contribution in [0, 0.1) is 5.82 Å². The molecule has 2 aromatic carbocycles. The van der Waals surface area contributed by atoms with Gasteiger partial charge in [-0.25, -0.2) is 9.37 Å². The predicted octanol–water partition coefficient (Wildman–Crippen LogP) is 3.42. The summed E-state index contributed by atoms with van der Waals surface area (Å²) < 4.78 is 73.4. The van der Waals surface area contributed by atoms with Crippen LogP contribution in [0.15, 0.2) is 48.5 Å². The van der Waals surface area contributed by atoms with Crippen LogP contribution in [0.25, 0.3) is 11.3 Å². The Morgan fingerprint density at radius 2 is 1.86 bits per heavy atom. The van der Waals surface area contributed by atoms with Gasteiger partial charge in [0, 0.05) is 16.7 Å². The Kier molecular flexibility index (Phi) is 8.64. The first-order valence-corrected chi connectivity index (χ1v) is 12.6. The van der Waals surface area contributed by atoms with Crippen LogP contribution in [0.5, 0.6) is 17.2 Å². The Morgan fingerprint density at radius 3 is 2.45 bits per heavy atom. The lowest BCUT2D eigenvalue weighted by atomic mass is 9.89. The van der Waals surface area contributed by atoms with Crippen LogP contribution >= 0.6 is 0 Å². The average molecular weight is 596 g/mol. The number of ether oxygens (including phenoxy) is 3. The first-order valence-electron chi connectivity index (χ1n) is 12.6. The highest BCUT2D eigenvalue weighted by atomic mass is 19.4. The van der Waals surface area contributed by atoms with Gasteiger partial charge in [0.05, 0.1) is 25.5 Å². The summed E-state index contributed by atoms with van der Waals surface area (Å²) in [6.07, 6.45) is -6.12. The number of pyridine rings is 1. The van der Waals surface area contributed by atoms with Crippen molar-refractivity contribution in [3.63, 3.8) is 0 Å². The van der Waals surface area contributed by atoms with E-state index in [1.807, 2.05) is 5.48 Å². The third kappa shape index (κ3) is 5.97. The zero-order chi connectivity index (χ0) is 30.9. The maximum Gasteiger partial charge on any atom is 0.424 e. The number of nitrogens with zero attached hydrogens (tertiary/aromatic N) is 1. The number of aliphatic hydroxyl groups is 2. The van der Waals surface area contributed by atoms with Crippen LogP contribution in [-0.4, -0.2) is 65.5 Å². The van der Waals surface area contributed by atoms with Crippen LogP contribution in [-0.2, 0) is 11.1 Å². The smallest absolute Gasteiger partial charge is 0.424 e. The molecule has 0 bridgehead atoms. The van der Waals surface area contributed by atoms with Crippen LogP contribution < -0.4 is 25.0 Å². The molecular weight excluding hydrogens is 566 g/mol. The number of hydrogen-bond donors (Lipinski definition) is 5. The van der Waals surface area contributed by atoms with E-state index in [1.165, 1.54) is 51.3 Å². The van der Waals surface area contributed by atoms with Crippen molar-refractivity contribution < 1.29 is 52.0 Å². The quantitative estimate of drug-likeness (QED) is 0.176. The third-order valence-electron chi connectivity index (χ3n) is 6.74. The third-order valence-corrected chi connectivity index (χ3v) is 6.74. The Morgan fingerprint density at radius 1 is 1.17 bits per heavy atom. The maximum absolute atomic E-state index is 14.5. The Hall–Kier alpha value is -3.98. The van der Waals surface area contributed by atoms with Gasteiger partial charge >= 0.3 is 6.18 Å². The zero-order valence-corrected chi connectivity index (χ0v) is 22.8. The van der Waals surface area contributed by atoms with Crippen molar-refractivity contribution in [2.75, 3.05) is 26.9 Å². The lowest BCUT2D eigenvalue weighted by Crippen LogP contribution is -2.51. The first kappa shape index (κ1) is 31.0. The summed E-state index contributed by atoms with van der Waals surface area (Å²) in [6.45, 7) is 1.38. The summed E-state index contributed by atoms with van der Waals surface area (Å²) in [5.74, 6) is -1.24. The van der Waals surface area contributed by atoms with Gasteiger partial charge in [-0.3, -0.25) is 4.79 Å². The number of nitrogens with one attached hydrogen (secondary N) is 2. The lowest BCUT2D eigenvalue weighted by Gasteiger charge is -2.31. The highest BCUT2D eigenvalue weighted by Gasteiger charge is 2.57. The Labute approximate surface area is 237 Å². The van der Waals surface area contributed by atoms with E-state index in [-0.39, 0.29) is 52.8 Å². The standard InChI is InChI=1S/C28H29F4N3O7/c1-15(36)12-41-20-9-6-17(10-21(20)40-3)25(37)33-13-27(38,28(30,31)32)22-11-19-24(42-14-26(19,2)35-39)23(34-22)16-4-7-18(29)8-5-16/h4-11,15,35-36,38-39H,12-14H2,1-3H3,(H,33,37)/t15-,26-,27?/m1/s1. The number of alkyl halides is 3. The molecular formula is C28H29F4N3O7. The molecule has 4 rings (SSSR count). The topological polar surface area (TPSA) is 142 Å². The summed E-state index contributed by atoms with van der Waals surface area (Å²) in [5.41, 5.74) is -3.92. The number of aromatic nitrogens is 1. The molecule has 0 fully saturated rings. The van der Waals surface area contributed by atoms with E-state index in [2.05, 4.69) is 10.3 Å². The summed E-state index contributed by atoms with van der Waals surface area (Å²) >= 11 is 0. The van der Waals surface area contributed by atoms with Crippen LogP contribution in [0.2, 0.25) is 0 Å². The highest BCUT2D eigenvalue weighted by molar-refractivity contribution is 5.95. The number of rotatable bonds is 10. The second-order valence-electron chi connectivity index (χ2n) is 10.0. The van der Waals surface area contributed by atoms with Gasteiger partial charge in [-0.2, -0.15) is 18.7 Å². The molecule has 1 amide bonds. The van der Waals surface area contributed by atoms with Crippen molar-refractivity contribution in [3.8, 4) is 28.5 Å². The molecule has 3 aromatic rings. The molecule has 0 spiro atoms. The van der Waals surface area contributed by atoms with Crippen LogP contribution in [0.1, 0.15) is 35.5 Å².